The van der Waals surface area contributed by atoms with Gasteiger partial charge in [-0.05, 0) is 25.5 Å². The number of unbranched alkanes of at least 4 members (excludes halogenated alkanes) is 2. The first-order chi connectivity index (χ1) is 13.8. The molecule has 0 aliphatic carbocycles. The summed E-state index contributed by atoms with van der Waals surface area (Å²) in [4.78, 5) is 0. The maximum Gasteiger partial charge on any atom is 0.209 e. The Morgan fingerprint density at radius 3 is 2.24 bits per heavy atom. The lowest BCUT2D eigenvalue weighted by molar-refractivity contribution is -0.352. The third kappa shape index (κ3) is 8.75. The molecule has 29 heavy (non-hydrogen) atoms. The smallest absolute Gasteiger partial charge is 0.209 e. The van der Waals surface area contributed by atoms with Gasteiger partial charge in [0.25, 0.3) is 0 Å². The Morgan fingerprint density at radius 1 is 1.03 bits per heavy atom. The third-order valence-corrected chi connectivity index (χ3v) is 5.14. The van der Waals surface area contributed by atoms with Gasteiger partial charge in [0.05, 0.1) is 18.8 Å². The highest BCUT2D eigenvalue weighted by molar-refractivity contribution is 7.80. The molecule has 0 amide bonds. The van der Waals surface area contributed by atoms with Crippen molar-refractivity contribution >= 4 is 25.3 Å². The fraction of sp³-hybridized carbons (Fsp3) is 1.00. The molecule has 0 saturated carbocycles. The Labute approximate surface area is 181 Å². The minimum absolute atomic E-state index is 0.0587. The van der Waals surface area contributed by atoms with Crippen molar-refractivity contribution < 1.29 is 49.6 Å². The van der Waals surface area contributed by atoms with E-state index in [9.17, 15) is 30.6 Å². The molecule has 12 heteroatoms. The van der Waals surface area contributed by atoms with Crippen LogP contribution in [0.2, 0.25) is 0 Å². The zero-order valence-corrected chi connectivity index (χ0v) is 18.1. The quantitative estimate of drug-likeness (QED) is 0.0846. The molecular weight excluding hydrogens is 428 g/mol. The monoisotopic (exact) mass is 462 g/mol. The molecule has 1 rings (SSSR count). The van der Waals surface area contributed by atoms with E-state index in [0.717, 1.165) is 18.6 Å². The van der Waals surface area contributed by atoms with Crippen molar-refractivity contribution in [1.29, 1.82) is 0 Å². The van der Waals surface area contributed by atoms with Gasteiger partial charge in [-0.2, -0.15) is 25.3 Å². The molecule has 1 aliphatic rings. The molecule has 0 radical (unpaired) electrons. The number of ether oxygens (including phenoxy) is 4. The zero-order chi connectivity index (χ0) is 22.0. The minimum atomic E-state index is -2.12. The Hall–Kier alpha value is 0.300. The van der Waals surface area contributed by atoms with E-state index in [1.165, 1.54) is 6.92 Å². The van der Waals surface area contributed by atoms with Crippen LogP contribution in [0.5, 0.6) is 0 Å². The molecule has 8 unspecified atom stereocenters. The second-order valence-electron chi connectivity index (χ2n) is 6.84. The van der Waals surface area contributed by atoms with Gasteiger partial charge in [0.15, 0.2) is 6.29 Å². The van der Waals surface area contributed by atoms with E-state index in [1.54, 1.807) is 0 Å². The number of hydrogen-bond acceptors (Lipinski definition) is 12. The molecule has 0 spiro atoms. The van der Waals surface area contributed by atoms with Crippen LogP contribution in [0, 0.1) is 0 Å². The summed E-state index contributed by atoms with van der Waals surface area (Å²) < 4.78 is 21.7. The van der Waals surface area contributed by atoms with Crippen molar-refractivity contribution in [1.82, 2.24) is 0 Å². The van der Waals surface area contributed by atoms with Gasteiger partial charge in [-0.3, -0.25) is 0 Å². The van der Waals surface area contributed by atoms with Crippen LogP contribution in [0.3, 0.4) is 0 Å². The Kier molecular flexibility index (Phi) is 13.6. The van der Waals surface area contributed by atoms with Crippen LogP contribution in [0.15, 0.2) is 0 Å². The highest BCUT2D eigenvalue weighted by atomic mass is 32.1. The molecule has 8 atom stereocenters. The van der Waals surface area contributed by atoms with Crippen molar-refractivity contribution in [2.75, 3.05) is 24.7 Å². The number of hydrogen-bond donors (Lipinski definition) is 8. The molecule has 0 bridgehead atoms. The summed E-state index contributed by atoms with van der Waals surface area (Å²) >= 11 is 8.14. The van der Waals surface area contributed by atoms with Gasteiger partial charge in [-0.25, -0.2) is 0 Å². The summed E-state index contributed by atoms with van der Waals surface area (Å²) in [5, 5.41) is 59.1. The molecule has 1 fully saturated rings. The van der Waals surface area contributed by atoms with Crippen LogP contribution in [0.1, 0.15) is 26.2 Å². The molecule has 10 nitrogen and oxygen atoms in total. The second kappa shape index (κ2) is 14.4. The summed E-state index contributed by atoms with van der Waals surface area (Å²) in [7, 11) is 0. The predicted molar refractivity (Wildman–Crippen MR) is 109 cm³/mol. The number of aliphatic hydroxyl groups is 6. The lowest BCUT2D eigenvalue weighted by atomic mass is 9.99. The molecule has 1 heterocycles. The molecule has 174 valence electrons. The average Bonchev–Trinajstić information content (AvgIpc) is 2.68. The molecule has 0 aromatic heterocycles. The van der Waals surface area contributed by atoms with Gasteiger partial charge >= 0.3 is 0 Å². The van der Waals surface area contributed by atoms with Gasteiger partial charge < -0.3 is 49.6 Å². The van der Waals surface area contributed by atoms with E-state index >= 15 is 0 Å². The Bertz CT molecular complexity index is 429. The van der Waals surface area contributed by atoms with Crippen LogP contribution < -0.4 is 0 Å². The summed E-state index contributed by atoms with van der Waals surface area (Å²) in [5.41, 5.74) is 0. The van der Waals surface area contributed by atoms with Crippen molar-refractivity contribution in [2.24, 2.45) is 0 Å². The van der Waals surface area contributed by atoms with E-state index < -0.39 is 62.1 Å². The van der Waals surface area contributed by atoms with Gasteiger partial charge in [-0.1, -0.05) is 6.42 Å². The third-order valence-electron chi connectivity index (χ3n) is 4.47. The van der Waals surface area contributed by atoms with Crippen molar-refractivity contribution in [3.63, 3.8) is 0 Å². The SMILES string of the molecule is CC(O)C(CS)OC(OC1C(CO)OC(OCCCCCS)C(O)C1O)C(O)O. The molecule has 6 N–H and O–H groups in total. The largest absolute Gasteiger partial charge is 0.394 e. The summed E-state index contributed by atoms with van der Waals surface area (Å²) in [5.74, 6) is 0.819. The number of rotatable bonds is 14. The van der Waals surface area contributed by atoms with E-state index in [4.69, 9.17) is 18.9 Å². The first-order valence-electron chi connectivity index (χ1n) is 9.57. The van der Waals surface area contributed by atoms with E-state index in [0.29, 0.717) is 6.42 Å². The number of thiol groups is 2. The topological polar surface area (TPSA) is 158 Å². The van der Waals surface area contributed by atoms with Crippen LogP contribution in [0.4, 0.5) is 0 Å². The fourth-order valence-electron chi connectivity index (χ4n) is 2.76. The Morgan fingerprint density at radius 2 is 1.72 bits per heavy atom. The summed E-state index contributed by atoms with van der Waals surface area (Å²) in [6, 6.07) is 0. The lowest BCUT2D eigenvalue weighted by Crippen LogP contribution is -2.61. The Balaban J connectivity index is 2.74. The fourth-order valence-corrected chi connectivity index (χ4v) is 3.37. The van der Waals surface area contributed by atoms with E-state index in [1.807, 2.05) is 0 Å². The first-order valence-corrected chi connectivity index (χ1v) is 10.8. The first kappa shape index (κ1) is 27.3. The van der Waals surface area contributed by atoms with Crippen LogP contribution in [-0.2, 0) is 18.9 Å². The second-order valence-corrected chi connectivity index (χ2v) is 7.65. The highest BCUT2D eigenvalue weighted by Crippen LogP contribution is 2.26. The molecule has 1 saturated heterocycles. The standard InChI is InChI=1S/C17H34O10S2/c1-9(19)11(8-29)26-17(15(22)23)27-14-10(7-18)25-16(13(21)12(14)20)24-5-3-2-4-6-28/h9-23,28-29H,2-8H2,1H3. The van der Waals surface area contributed by atoms with Crippen molar-refractivity contribution in [3.8, 4) is 0 Å². The molecule has 0 aromatic rings. The zero-order valence-electron chi connectivity index (χ0n) is 16.4. The average molecular weight is 463 g/mol. The molecule has 0 aromatic carbocycles. The summed E-state index contributed by atoms with van der Waals surface area (Å²) in [6.07, 6.45) is -9.88. The normalized spacial score (nSPS) is 31.0. The van der Waals surface area contributed by atoms with Crippen LogP contribution in [0.25, 0.3) is 0 Å². The van der Waals surface area contributed by atoms with Gasteiger partial charge in [0, 0.05) is 12.4 Å². The summed E-state index contributed by atoms with van der Waals surface area (Å²) in [6.45, 7) is 1.12. The van der Waals surface area contributed by atoms with Gasteiger partial charge in [0.1, 0.15) is 24.4 Å². The lowest BCUT2D eigenvalue weighted by Gasteiger charge is -2.43. The van der Waals surface area contributed by atoms with Crippen molar-refractivity contribution in [2.45, 2.75) is 81.7 Å². The van der Waals surface area contributed by atoms with Gasteiger partial charge in [-0.15, -0.1) is 0 Å². The van der Waals surface area contributed by atoms with E-state index in [2.05, 4.69) is 25.3 Å². The molecular formula is C17H34O10S2. The maximum absolute atomic E-state index is 10.4. The maximum atomic E-state index is 10.4. The minimum Gasteiger partial charge on any atom is -0.394 e. The van der Waals surface area contributed by atoms with Crippen LogP contribution in [-0.4, -0.2) is 111 Å². The van der Waals surface area contributed by atoms with E-state index in [-0.39, 0.29) is 12.4 Å². The van der Waals surface area contributed by atoms with Crippen LogP contribution >= 0.6 is 25.3 Å². The number of aliphatic hydroxyl groups excluding tert-OH is 5. The van der Waals surface area contributed by atoms with Crippen molar-refractivity contribution in [3.05, 3.63) is 0 Å². The predicted octanol–water partition coefficient (Wildman–Crippen LogP) is -1.74. The highest BCUT2D eigenvalue weighted by Gasteiger charge is 2.47. The van der Waals surface area contributed by atoms with Gasteiger partial charge in [0.2, 0.25) is 12.6 Å². The molecule has 1 aliphatic heterocycles.